The van der Waals surface area contributed by atoms with Crippen molar-refractivity contribution in [2.45, 2.75) is 39.2 Å². The number of carbonyl (C=O) groups excluding carboxylic acids is 1. The summed E-state index contributed by atoms with van der Waals surface area (Å²) in [6, 6.07) is 8.12. The summed E-state index contributed by atoms with van der Waals surface area (Å²) < 4.78 is 5.39. The number of benzene rings is 1. The second kappa shape index (κ2) is 6.71. The van der Waals surface area contributed by atoms with E-state index in [-0.39, 0.29) is 5.78 Å². The van der Waals surface area contributed by atoms with Gasteiger partial charge in [0.2, 0.25) is 0 Å². The molecule has 3 heteroatoms. The predicted molar refractivity (Wildman–Crippen MR) is 76.8 cm³/mol. The molecule has 19 heavy (non-hydrogen) atoms. The van der Waals surface area contributed by atoms with E-state index in [1.54, 1.807) is 0 Å². The number of ketones is 1. The molecule has 104 valence electrons. The lowest BCUT2D eigenvalue weighted by atomic mass is 10.1. The van der Waals surface area contributed by atoms with Crippen LogP contribution in [0.25, 0.3) is 0 Å². The van der Waals surface area contributed by atoms with Crippen LogP contribution in [0.15, 0.2) is 24.3 Å². The fourth-order valence-corrected chi connectivity index (χ4v) is 2.30. The first kappa shape index (κ1) is 14.1. The van der Waals surface area contributed by atoms with Crippen molar-refractivity contribution in [2.24, 2.45) is 0 Å². The van der Waals surface area contributed by atoms with Crippen LogP contribution in [0.2, 0.25) is 0 Å². The lowest BCUT2D eigenvalue weighted by Crippen LogP contribution is -2.32. The predicted octanol–water partition coefficient (Wildman–Crippen LogP) is 3.14. The first-order chi connectivity index (χ1) is 9.24. The molecule has 0 heterocycles. The standard InChI is InChI=1S/C16H23NO2/c1-3-11-17(14-7-8-14)12-16(18)13-5-9-15(10-6-13)19-4-2/h5-6,9-10,14H,3-4,7-8,11-12H2,1-2H3. The number of nitrogens with zero attached hydrogens (tertiary/aromatic N) is 1. The number of hydrogen-bond acceptors (Lipinski definition) is 3. The molecule has 0 aliphatic heterocycles. The largest absolute Gasteiger partial charge is 0.494 e. The van der Waals surface area contributed by atoms with Crippen molar-refractivity contribution in [3.8, 4) is 5.75 Å². The smallest absolute Gasteiger partial charge is 0.176 e. The van der Waals surface area contributed by atoms with E-state index in [9.17, 15) is 4.79 Å². The molecule has 0 saturated heterocycles. The topological polar surface area (TPSA) is 29.5 Å². The molecular weight excluding hydrogens is 238 g/mol. The summed E-state index contributed by atoms with van der Waals surface area (Å²) in [7, 11) is 0. The highest BCUT2D eigenvalue weighted by atomic mass is 16.5. The first-order valence-corrected chi connectivity index (χ1v) is 7.24. The zero-order chi connectivity index (χ0) is 13.7. The van der Waals surface area contributed by atoms with Crippen molar-refractivity contribution in [2.75, 3.05) is 19.7 Å². The minimum atomic E-state index is 0.211. The van der Waals surface area contributed by atoms with Crippen LogP contribution < -0.4 is 4.74 Å². The average molecular weight is 261 g/mol. The lowest BCUT2D eigenvalue weighted by Gasteiger charge is -2.20. The van der Waals surface area contributed by atoms with Gasteiger partial charge in [-0.1, -0.05) is 6.92 Å². The van der Waals surface area contributed by atoms with Gasteiger partial charge in [0, 0.05) is 11.6 Å². The third-order valence-corrected chi connectivity index (χ3v) is 3.41. The average Bonchev–Trinajstić information content (AvgIpc) is 3.24. The van der Waals surface area contributed by atoms with E-state index in [1.165, 1.54) is 12.8 Å². The van der Waals surface area contributed by atoms with Gasteiger partial charge in [-0.05, 0) is 57.0 Å². The van der Waals surface area contributed by atoms with Crippen LogP contribution in [0.3, 0.4) is 0 Å². The zero-order valence-corrected chi connectivity index (χ0v) is 11.9. The maximum atomic E-state index is 12.2. The molecule has 0 amide bonds. The van der Waals surface area contributed by atoms with Crippen LogP contribution in [-0.4, -0.2) is 36.4 Å². The highest BCUT2D eigenvalue weighted by molar-refractivity contribution is 5.97. The van der Waals surface area contributed by atoms with Gasteiger partial charge < -0.3 is 4.74 Å². The first-order valence-electron chi connectivity index (χ1n) is 7.24. The molecule has 0 atom stereocenters. The zero-order valence-electron chi connectivity index (χ0n) is 11.9. The molecule has 0 unspecified atom stereocenters. The molecule has 1 saturated carbocycles. The number of Topliss-reactive ketones (excluding diaryl/α,β-unsaturated/α-hetero) is 1. The summed E-state index contributed by atoms with van der Waals surface area (Å²) in [6.07, 6.45) is 3.60. The summed E-state index contributed by atoms with van der Waals surface area (Å²) in [4.78, 5) is 14.6. The molecular formula is C16H23NO2. The summed E-state index contributed by atoms with van der Waals surface area (Å²) in [6.45, 7) is 6.34. The third kappa shape index (κ3) is 4.06. The molecule has 0 aromatic heterocycles. The van der Waals surface area contributed by atoms with E-state index >= 15 is 0 Å². The summed E-state index contributed by atoms with van der Waals surface area (Å²) in [5, 5.41) is 0. The van der Waals surface area contributed by atoms with Crippen LogP contribution >= 0.6 is 0 Å². The number of hydrogen-bond donors (Lipinski definition) is 0. The molecule has 2 rings (SSSR count). The Morgan fingerprint density at radius 2 is 1.95 bits per heavy atom. The highest BCUT2D eigenvalue weighted by Gasteiger charge is 2.29. The van der Waals surface area contributed by atoms with Gasteiger partial charge in [0.1, 0.15) is 5.75 Å². The molecule has 1 aliphatic rings. The second-order valence-electron chi connectivity index (χ2n) is 5.08. The molecule has 1 aromatic rings. The van der Waals surface area contributed by atoms with E-state index in [2.05, 4.69) is 11.8 Å². The van der Waals surface area contributed by atoms with E-state index in [1.807, 2.05) is 31.2 Å². The Hall–Kier alpha value is -1.35. The van der Waals surface area contributed by atoms with E-state index in [4.69, 9.17) is 4.74 Å². The second-order valence-corrected chi connectivity index (χ2v) is 5.08. The maximum absolute atomic E-state index is 12.2. The Morgan fingerprint density at radius 3 is 2.47 bits per heavy atom. The quantitative estimate of drug-likeness (QED) is 0.673. The fourth-order valence-electron chi connectivity index (χ4n) is 2.30. The normalized spacial score (nSPS) is 14.7. The summed E-state index contributed by atoms with van der Waals surface area (Å²) >= 11 is 0. The number of rotatable bonds is 8. The molecule has 0 bridgehead atoms. The highest BCUT2D eigenvalue weighted by Crippen LogP contribution is 2.27. The van der Waals surface area contributed by atoms with Crippen LogP contribution in [0, 0.1) is 0 Å². The van der Waals surface area contributed by atoms with Crippen LogP contribution in [-0.2, 0) is 0 Å². The third-order valence-electron chi connectivity index (χ3n) is 3.41. The molecule has 1 fully saturated rings. The number of carbonyl (C=O) groups is 1. The monoisotopic (exact) mass is 261 g/mol. The Bertz CT molecular complexity index is 409. The Balaban J connectivity index is 1.94. The van der Waals surface area contributed by atoms with E-state index < -0.39 is 0 Å². The van der Waals surface area contributed by atoms with E-state index in [0.717, 1.165) is 24.3 Å². The van der Waals surface area contributed by atoms with Crippen molar-refractivity contribution in [1.29, 1.82) is 0 Å². The number of ether oxygens (including phenoxy) is 1. The molecule has 1 aliphatic carbocycles. The molecule has 1 aromatic carbocycles. The maximum Gasteiger partial charge on any atom is 0.176 e. The summed E-state index contributed by atoms with van der Waals surface area (Å²) in [5.74, 6) is 1.04. The van der Waals surface area contributed by atoms with Gasteiger partial charge in [0.15, 0.2) is 5.78 Å². The Labute approximate surface area is 115 Å². The van der Waals surface area contributed by atoms with Gasteiger partial charge in [-0.3, -0.25) is 9.69 Å². The Kier molecular flexibility index (Phi) is 4.97. The van der Waals surface area contributed by atoms with Gasteiger partial charge in [-0.15, -0.1) is 0 Å². The SMILES string of the molecule is CCCN(CC(=O)c1ccc(OCC)cc1)C1CC1. The van der Waals surface area contributed by atoms with Crippen molar-refractivity contribution >= 4 is 5.78 Å². The minimum absolute atomic E-state index is 0.211. The molecule has 3 nitrogen and oxygen atoms in total. The van der Waals surface area contributed by atoms with Gasteiger partial charge in [-0.25, -0.2) is 0 Å². The van der Waals surface area contributed by atoms with Crippen LogP contribution in [0.1, 0.15) is 43.5 Å². The fraction of sp³-hybridized carbons (Fsp3) is 0.562. The molecule has 0 N–H and O–H groups in total. The minimum Gasteiger partial charge on any atom is -0.494 e. The van der Waals surface area contributed by atoms with Gasteiger partial charge >= 0.3 is 0 Å². The van der Waals surface area contributed by atoms with Crippen molar-refractivity contribution in [3.63, 3.8) is 0 Å². The Morgan fingerprint density at radius 1 is 1.26 bits per heavy atom. The lowest BCUT2D eigenvalue weighted by molar-refractivity contribution is 0.0924. The van der Waals surface area contributed by atoms with Gasteiger partial charge in [-0.2, -0.15) is 0 Å². The van der Waals surface area contributed by atoms with Crippen molar-refractivity contribution in [3.05, 3.63) is 29.8 Å². The van der Waals surface area contributed by atoms with Gasteiger partial charge in [0.05, 0.1) is 13.2 Å². The summed E-state index contributed by atoms with van der Waals surface area (Å²) in [5.41, 5.74) is 0.783. The molecule has 0 radical (unpaired) electrons. The van der Waals surface area contributed by atoms with Crippen LogP contribution in [0.5, 0.6) is 5.75 Å². The van der Waals surface area contributed by atoms with Crippen molar-refractivity contribution < 1.29 is 9.53 Å². The van der Waals surface area contributed by atoms with Crippen molar-refractivity contribution in [1.82, 2.24) is 4.90 Å². The van der Waals surface area contributed by atoms with Crippen LogP contribution in [0.4, 0.5) is 0 Å². The van der Waals surface area contributed by atoms with E-state index in [0.29, 0.717) is 19.2 Å². The van der Waals surface area contributed by atoms with Gasteiger partial charge in [0.25, 0.3) is 0 Å². The molecule has 0 spiro atoms.